The number of aliphatic hydroxyl groups is 1. The van der Waals surface area contributed by atoms with Crippen LogP contribution in [0.5, 0.6) is 0 Å². The third-order valence-electron chi connectivity index (χ3n) is 2.49. The zero-order valence-electron chi connectivity index (χ0n) is 11.8. The molecule has 1 rings (SSSR count). The lowest BCUT2D eigenvalue weighted by molar-refractivity contribution is 0.0819. The molecule has 1 amide bonds. The van der Waals surface area contributed by atoms with Crippen LogP contribution >= 0.6 is 0 Å². The second-order valence-corrected chi connectivity index (χ2v) is 4.92. The lowest BCUT2D eigenvalue weighted by Crippen LogP contribution is -2.47. The maximum Gasteiger partial charge on any atom is 0.253 e. The Morgan fingerprint density at radius 3 is 2.80 bits per heavy atom. The fraction of sp³-hybridized carbons (Fsp3) is 0.400. The van der Waals surface area contributed by atoms with Crippen molar-refractivity contribution in [1.82, 2.24) is 5.32 Å². The molecule has 20 heavy (non-hydrogen) atoms. The van der Waals surface area contributed by atoms with Gasteiger partial charge in [-0.25, -0.2) is 4.39 Å². The van der Waals surface area contributed by atoms with Crippen molar-refractivity contribution < 1.29 is 19.0 Å². The Labute approximate surface area is 117 Å². The Kier molecular flexibility index (Phi) is 5.68. The van der Waals surface area contributed by atoms with Crippen LogP contribution in [0.4, 0.5) is 4.39 Å². The van der Waals surface area contributed by atoms with Gasteiger partial charge in [0.25, 0.3) is 5.91 Å². The number of hydrogen-bond donors (Lipinski definition) is 2. The van der Waals surface area contributed by atoms with Gasteiger partial charge in [0.05, 0.1) is 17.7 Å². The standard InChI is InChI=1S/C15H18FNO3/c1-15(2,10-20-3)17-14(19)13-9-12(16)7-6-11(13)5-4-8-18/h6-7,9,18H,8,10H2,1-3H3,(H,17,19). The van der Waals surface area contributed by atoms with Crippen LogP contribution in [-0.2, 0) is 4.74 Å². The Balaban J connectivity index is 3.05. The van der Waals surface area contributed by atoms with Gasteiger partial charge >= 0.3 is 0 Å². The van der Waals surface area contributed by atoms with Gasteiger partial charge < -0.3 is 15.2 Å². The summed E-state index contributed by atoms with van der Waals surface area (Å²) in [5.41, 5.74) is -0.0823. The fourth-order valence-corrected chi connectivity index (χ4v) is 1.72. The molecule has 0 aliphatic rings. The molecule has 1 aromatic carbocycles. The lowest BCUT2D eigenvalue weighted by atomic mass is 10.0. The number of nitrogens with one attached hydrogen (secondary N) is 1. The van der Waals surface area contributed by atoms with E-state index in [0.717, 1.165) is 6.07 Å². The summed E-state index contributed by atoms with van der Waals surface area (Å²) in [7, 11) is 1.54. The Bertz CT molecular complexity index is 544. The molecule has 0 radical (unpaired) electrons. The second kappa shape index (κ2) is 7.04. The van der Waals surface area contributed by atoms with Crippen LogP contribution < -0.4 is 5.32 Å². The third-order valence-corrected chi connectivity index (χ3v) is 2.49. The number of hydrogen-bond acceptors (Lipinski definition) is 3. The molecule has 5 heteroatoms. The summed E-state index contributed by atoms with van der Waals surface area (Å²) in [6.07, 6.45) is 0. The van der Waals surface area contributed by atoms with Crippen LogP contribution in [0.15, 0.2) is 18.2 Å². The number of carbonyl (C=O) groups is 1. The van der Waals surface area contributed by atoms with Crippen molar-refractivity contribution in [1.29, 1.82) is 0 Å². The van der Waals surface area contributed by atoms with Gasteiger partial charge in [-0.15, -0.1) is 0 Å². The van der Waals surface area contributed by atoms with Crippen LogP contribution in [0.25, 0.3) is 0 Å². The zero-order valence-corrected chi connectivity index (χ0v) is 11.8. The lowest BCUT2D eigenvalue weighted by Gasteiger charge is -2.25. The highest BCUT2D eigenvalue weighted by molar-refractivity contribution is 5.97. The average Bonchev–Trinajstić information content (AvgIpc) is 2.36. The molecule has 0 spiro atoms. The van der Waals surface area contributed by atoms with Gasteiger partial charge in [-0.1, -0.05) is 11.8 Å². The third kappa shape index (κ3) is 4.65. The highest BCUT2D eigenvalue weighted by Crippen LogP contribution is 2.13. The molecule has 1 aromatic rings. The molecule has 0 unspecified atom stereocenters. The smallest absolute Gasteiger partial charge is 0.253 e. The molecule has 2 N–H and O–H groups in total. The minimum absolute atomic E-state index is 0.134. The van der Waals surface area contributed by atoms with Gasteiger partial charge in [-0.05, 0) is 32.0 Å². The summed E-state index contributed by atoms with van der Waals surface area (Å²) in [5, 5.41) is 11.5. The number of aliphatic hydroxyl groups excluding tert-OH is 1. The summed E-state index contributed by atoms with van der Waals surface area (Å²) in [5.74, 6) is 4.12. The number of methoxy groups -OCH3 is 1. The first kappa shape index (κ1) is 16.2. The van der Waals surface area contributed by atoms with Crippen molar-refractivity contribution in [3.63, 3.8) is 0 Å². The largest absolute Gasteiger partial charge is 0.384 e. The number of rotatable bonds is 4. The minimum Gasteiger partial charge on any atom is -0.384 e. The molecule has 0 aliphatic carbocycles. The van der Waals surface area contributed by atoms with Gasteiger partial charge in [0.1, 0.15) is 12.4 Å². The van der Waals surface area contributed by atoms with E-state index in [0.29, 0.717) is 12.2 Å². The molecular formula is C15H18FNO3. The van der Waals surface area contributed by atoms with E-state index >= 15 is 0 Å². The molecule has 0 saturated carbocycles. The number of halogens is 1. The molecule has 4 nitrogen and oxygen atoms in total. The van der Waals surface area contributed by atoms with Gasteiger partial charge in [0.2, 0.25) is 0 Å². The highest BCUT2D eigenvalue weighted by Gasteiger charge is 2.22. The van der Waals surface area contributed by atoms with Crippen molar-refractivity contribution in [2.75, 3.05) is 20.3 Å². The maximum absolute atomic E-state index is 13.3. The molecule has 0 aliphatic heterocycles. The van der Waals surface area contributed by atoms with Crippen molar-refractivity contribution >= 4 is 5.91 Å². The maximum atomic E-state index is 13.3. The van der Waals surface area contributed by atoms with E-state index in [9.17, 15) is 9.18 Å². The van der Waals surface area contributed by atoms with Crippen LogP contribution in [0.2, 0.25) is 0 Å². The first-order valence-corrected chi connectivity index (χ1v) is 6.10. The van der Waals surface area contributed by atoms with E-state index < -0.39 is 17.3 Å². The molecule has 0 aromatic heterocycles. The van der Waals surface area contributed by atoms with Crippen molar-refractivity contribution in [3.05, 3.63) is 35.1 Å². The van der Waals surface area contributed by atoms with E-state index in [-0.39, 0.29) is 12.2 Å². The molecule has 0 bridgehead atoms. The monoisotopic (exact) mass is 279 g/mol. The van der Waals surface area contributed by atoms with Gasteiger partial charge in [0, 0.05) is 12.7 Å². The number of benzene rings is 1. The van der Waals surface area contributed by atoms with Crippen molar-refractivity contribution in [2.24, 2.45) is 0 Å². The van der Waals surface area contributed by atoms with Crippen LogP contribution in [0.1, 0.15) is 29.8 Å². The normalized spacial score (nSPS) is 10.7. The van der Waals surface area contributed by atoms with Gasteiger partial charge in [0.15, 0.2) is 0 Å². The van der Waals surface area contributed by atoms with Crippen LogP contribution in [0, 0.1) is 17.7 Å². The molecule has 0 saturated heterocycles. The minimum atomic E-state index is -0.584. The molecular weight excluding hydrogens is 261 g/mol. The fourth-order valence-electron chi connectivity index (χ4n) is 1.72. The van der Waals surface area contributed by atoms with Gasteiger partial charge in [-0.3, -0.25) is 4.79 Å². The number of amides is 1. The summed E-state index contributed by atoms with van der Waals surface area (Å²) in [4.78, 5) is 12.2. The first-order valence-electron chi connectivity index (χ1n) is 6.10. The van der Waals surface area contributed by atoms with E-state index in [2.05, 4.69) is 17.2 Å². The van der Waals surface area contributed by atoms with Gasteiger partial charge in [-0.2, -0.15) is 0 Å². The second-order valence-electron chi connectivity index (χ2n) is 4.92. The molecule has 108 valence electrons. The van der Waals surface area contributed by atoms with Crippen molar-refractivity contribution in [2.45, 2.75) is 19.4 Å². The first-order chi connectivity index (χ1) is 9.39. The topological polar surface area (TPSA) is 58.6 Å². The molecule has 0 fully saturated rings. The quantitative estimate of drug-likeness (QED) is 0.817. The summed E-state index contributed by atoms with van der Waals surface area (Å²) in [6.45, 7) is 3.60. The SMILES string of the molecule is COCC(C)(C)NC(=O)c1cc(F)ccc1C#CCO. The van der Waals surface area contributed by atoms with E-state index in [1.54, 1.807) is 13.8 Å². The Hall–Kier alpha value is -1.90. The number of ether oxygens (including phenoxy) is 1. The average molecular weight is 279 g/mol. The summed E-state index contributed by atoms with van der Waals surface area (Å²) in [6, 6.07) is 3.76. The van der Waals surface area contributed by atoms with E-state index in [1.165, 1.54) is 19.2 Å². The Morgan fingerprint density at radius 1 is 1.50 bits per heavy atom. The molecule has 0 atom stereocenters. The summed E-state index contributed by atoms with van der Waals surface area (Å²) < 4.78 is 18.3. The predicted octanol–water partition coefficient (Wildman–Crippen LogP) is 1.32. The highest BCUT2D eigenvalue weighted by atomic mass is 19.1. The van der Waals surface area contributed by atoms with E-state index in [4.69, 9.17) is 9.84 Å². The predicted molar refractivity (Wildman–Crippen MR) is 73.8 cm³/mol. The summed E-state index contributed by atoms with van der Waals surface area (Å²) >= 11 is 0. The van der Waals surface area contributed by atoms with Crippen LogP contribution in [-0.4, -0.2) is 36.9 Å². The number of carbonyl (C=O) groups excluding carboxylic acids is 1. The van der Waals surface area contributed by atoms with Crippen molar-refractivity contribution in [3.8, 4) is 11.8 Å². The molecule has 0 heterocycles. The zero-order chi connectivity index (χ0) is 15.2. The Morgan fingerprint density at radius 2 is 2.20 bits per heavy atom. The van der Waals surface area contributed by atoms with Crippen LogP contribution in [0.3, 0.4) is 0 Å². The van der Waals surface area contributed by atoms with E-state index in [1.807, 2.05) is 0 Å².